The Hall–Kier alpha value is -3.23. The van der Waals surface area contributed by atoms with E-state index in [1.54, 1.807) is 0 Å². The molecule has 0 aliphatic heterocycles. The maximum atomic E-state index is 6.53. The molecule has 0 spiro atoms. The second kappa shape index (κ2) is 6.98. The van der Waals surface area contributed by atoms with Crippen molar-refractivity contribution in [2.24, 2.45) is 0 Å². The predicted molar refractivity (Wildman–Crippen MR) is 123 cm³/mol. The highest BCUT2D eigenvalue weighted by atomic mass is 35.5. The second-order valence-electron chi connectivity index (χ2n) is 7.40. The van der Waals surface area contributed by atoms with Gasteiger partial charge in [0.25, 0.3) is 0 Å². The number of anilines is 3. The van der Waals surface area contributed by atoms with Gasteiger partial charge in [0.15, 0.2) is 0 Å². The first-order valence-corrected chi connectivity index (χ1v) is 10.0. The molecule has 0 amide bonds. The van der Waals surface area contributed by atoms with Gasteiger partial charge in [0.2, 0.25) is 0 Å². The molecule has 0 aliphatic rings. The van der Waals surface area contributed by atoms with Crippen LogP contribution >= 0.6 is 11.6 Å². The highest BCUT2D eigenvalue weighted by Crippen LogP contribution is 2.44. The highest BCUT2D eigenvalue weighted by Gasteiger charge is 2.20. The smallest absolute Gasteiger partial charge is 0.139 e. The van der Waals surface area contributed by atoms with Crippen molar-refractivity contribution in [3.05, 3.63) is 101 Å². The molecule has 29 heavy (non-hydrogen) atoms. The zero-order chi connectivity index (χ0) is 20.0. The summed E-state index contributed by atoms with van der Waals surface area (Å²) < 4.78 is 6.12. The molecule has 5 rings (SSSR count). The summed E-state index contributed by atoms with van der Waals surface area (Å²) in [6.45, 7) is 4.20. The molecule has 1 aromatic heterocycles. The molecule has 4 aromatic carbocycles. The molecule has 0 saturated heterocycles. The van der Waals surface area contributed by atoms with Crippen molar-refractivity contribution < 1.29 is 4.42 Å². The van der Waals surface area contributed by atoms with Crippen LogP contribution in [0.4, 0.5) is 17.1 Å². The van der Waals surface area contributed by atoms with Crippen LogP contribution in [-0.2, 0) is 0 Å². The topological polar surface area (TPSA) is 16.4 Å². The molecule has 0 saturated carbocycles. The minimum absolute atomic E-state index is 0.649. The fourth-order valence-corrected chi connectivity index (χ4v) is 3.99. The van der Waals surface area contributed by atoms with Crippen LogP contribution in [0.5, 0.6) is 0 Å². The van der Waals surface area contributed by atoms with Crippen LogP contribution < -0.4 is 4.90 Å². The largest absolute Gasteiger partial charge is 0.456 e. The standard InChI is InChI=1S/C26H20ClNO/c1-17-7-11-20(12-8-17)28(21-13-9-18(2)10-14-21)23-15-19(27)16-25-26(23)22-5-3-4-6-24(22)29-25/h3-16H,1-2H3. The maximum absolute atomic E-state index is 6.53. The first-order chi connectivity index (χ1) is 14.1. The van der Waals surface area contributed by atoms with Crippen molar-refractivity contribution in [3.8, 4) is 0 Å². The molecule has 0 N–H and O–H groups in total. The summed E-state index contributed by atoms with van der Waals surface area (Å²) in [6.07, 6.45) is 0. The highest BCUT2D eigenvalue weighted by molar-refractivity contribution is 6.32. The number of benzene rings is 4. The lowest BCUT2D eigenvalue weighted by Gasteiger charge is -2.26. The average Bonchev–Trinajstić information content (AvgIpc) is 3.09. The van der Waals surface area contributed by atoms with Gasteiger partial charge in [-0.15, -0.1) is 0 Å². The number of nitrogens with zero attached hydrogens (tertiary/aromatic N) is 1. The van der Waals surface area contributed by atoms with Crippen LogP contribution in [0.3, 0.4) is 0 Å². The Labute approximate surface area is 174 Å². The van der Waals surface area contributed by atoms with Crippen LogP contribution in [-0.4, -0.2) is 0 Å². The first-order valence-electron chi connectivity index (χ1n) is 9.64. The Morgan fingerprint density at radius 1 is 0.690 bits per heavy atom. The Morgan fingerprint density at radius 2 is 1.28 bits per heavy atom. The van der Waals surface area contributed by atoms with Crippen molar-refractivity contribution in [1.82, 2.24) is 0 Å². The number of para-hydroxylation sites is 1. The summed E-state index contributed by atoms with van der Waals surface area (Å²) >= 11 is 6.53. The van der Waals surface area contributed by atoms with Gasteiger partial charge in [0.05, 0.1) is 11.1 Å². The van der Waals surface area contributed by atoms with Gasteiger partial charge in [-0.3, -0.25) is 0 Å². The number of rotatable bonds is 3. The van der Waals surface area contributed by atoms with Gasteiger partial charge in [-0.25, -0.2) is 0 Å². The van der Waals surface area contributed by atoms with Gasteiger partial charge < -0.3 is 9.32 Å². The van der Waals surface area contributed by atoms with Gasteiger partial charge in [-0.2, -0.15) is 0 Å². The molecule has 1 heterocycles. The fourth-order valence-electron chi connectivity index (χ4n) is 3.79. The van der Waals surface area contributed by atoms with Crippen LogP contribution in [0.25, 0.3) is 21.9 Å². The zero-order valence-electron chi connectivity index (χ0n) is 16.3. The van der Waals surface area contributed by atoms with Crippen LogP contribution in [0, 0.1) is 13.8 Å². The van der Waals surface area contributed by atoms with E-state index < -0.39 is 0 Å². The Kier molecular flexibility index (Phi) is 4.30. The Bertz CT molecular complexity index is 1270. The molecule has 3 heteroatoms. The van der Waals surface area contributed by atoms with E-state index >= 15 is 0 Å². The number of aryl methyl sites for hydroxylation is 2. The molecule has 2 nitrogen and oxygen atoms in total. The first kappa shape index (κ1) is 17.8. The molecular weight excluding hydrogens is 378 g/mol. The Morgan fingerprint density at radius 3 is 1.90 bits per heavy atom. The van der Waals surface area contributed by atoms with Gasteiger partial charge in [-0.05, 0) is 50.2 Å². The second-order valence-corrected chi connectivity index (χ2v) is 7.84. The van der Waals surface area contributed by atoms with Crippen molar-refractivity contribution >= 4 is 50.6 Å². The number of hydrogen-bond donors (Lipinski definition) is 0. The maximum Gasteiger partial charge on any atom is 0.139 e. The van der Waals surface area contributed by atoms with E-state index in [1.807, 2.05) is 30.3 Å². The van der Waals surface area contributed by atoms with E-state index in [0.717, 1.165) is 39.0 Å². The molecule has 142 valence electrons. The van der Waals surface area contributed by atoms with Gasteiger partial charge in [-0.1, -0.05) is 65.2 Å². The van der Waals surface area contributed by atoms with Crippen molar-refractivity contribution in [3.63, 3.8) is 0 Å². The number of halogens is 1. The van der Waals surface area contributed by atoms with E-state index in [2.05, 4.69) is 73.3 Å². The summed E-state index contributed by atoms with van der Waals surface area (Å²) in [5.74, 6) is 0. The summed E-state index contributed by atoms with van der Waals surface area (Å²) in [5.41, 5.74) is 7.26. The van der Waals surface area contributed by atoms with Crippen molar-refractivity contribution in [2.75, 3.05) is 4.90 Å². The lowest BCUT2D eigenvalue weighted by atomic mass is 10.1. The molecule has 0 atom stereocenters. The van der Waals surface area contributed by atoms with E-state index in [0.29, 0.717) is 5.02 Å². The van der Waals surface area contributed by atoms with Crippen LogP contribution in [0.1, 0.15) is 11.1 Å². The monoisotopic (exact) mass is 397 g/mol. The zero-order valence-corrected chi connectivity index (χ0v) is 17.1. The quantitative estimate of drug-likeness (QED) is 0.304. The van der Waals surface area contributed by atoms with E-state index in [-0.39, 0.29) is 0 Å². The summed E-state index contributed by atoms with van der Waals surface area (Å²) in [7, 11) is 0. The summed E-state index contributed by atoms with van der Waals surface area (Å²) in [5, 5.41) is 2.79. The third-order valence-electron chi connectivity index (χ3n) is 5.25. The minimum atomic E-state index is 0.649. The Balaban J connectivity index is 1.85. The summed E-state index contributed by atoms with van der Waals surface area (Å²) in [4.78, 5) is 2.25. The molecule has 5 aromatic rings. The van der Waals surface area contributed by atoms with E-state index in [1.165, 1.54) is 11.1 Å². The molecule has 0 fully saturated rings. The van der Waals surface area contributed by atoms with Gasteiger partial charge in [0, 0.05) is 27.8 Å². The van der Waals surface area contributed by atoms with E-state index in [4.69, 9.17) is 16.0 Å². The predicted octanol–water partition coefficient (Wildman–Crippen LogP) is 8.33. The lowest BCUT2D eigenvalue weighted by Crippen LogP contribution is -2.10. The fraction of sp³-hybridized carbons (Fsp3) is 0.0769. The lowest BCUT2D eigenvalue weighted by molar-refractivity contribution is 0.669. The third-order valence-corrected chi connectivity index (χ3v) is 5.47. The summed E-state index contributed by atoms with van der Waals surface area (Å²) in [6, 6.07) is 29.1. The van der Waals surface area contributed by atoms with Crippen molar-refractivity contribution in [2.45, 2.75) is 13.8 Å². The molecule has 0 radical (unpaired) electrons. The van der Waals surface area contributed by atoms with Crippen molar-refractivity contribution in [1.29, 1.82) is 0 Å². The molecule has 0 aliphatic carbocycles. The minimum Gasteiger partial charge on any atom is -0.456 e. The third kappa shape index (κ3) is 3.16. The number of furan rings is 1. The normalized spacial score (nSPS) is 11.3. The average molecular weight is 398 g/mol. The van der Waals surface area contributed by atoms with Gasteiger partial charge in [0.1, 0.15) is 11.2 Å². The van der Waals surface area contributed by atoms with Crippen LogP contribution in [0.15, 0.2) is 89.3 Å². The SMILES string of the molecule is Cc1ccc(N(c2ccc(C)cc2)c2cc(Cl)cc3oc4ccccc4c23)cc1. The number of fused-ring (bicyclic) bond motifs is 3. The molecule has 0 unspecified atom stereocenters. The molecule has 0 bridgehead atoms. The van der Waals surface area contributed by atoms with Gasteiger partial charge >= 0.3 is 0 Å². The number of hydrogen-bond acceptors (Lipinski definition) is 2. The molecular formula is C26H20ClNO. The van der Waals surface area contributed by atoms with Crippen LogP contribution in [0.2, 0.25) is 5.02 Å². The van der Waals surface area contributed by atoms with E-state index in [9.17, 15) is 0 Å².